The number of aromatic nitrogens is 2. The van der Waals surface area contributed by atoms with Gasteiger partial charge in [-0.15, -0.1) is 0 Å². The molecule has 1 aromatic heterocycles. The number of carbonyl (C=O) groups is 1. The highest BCUT2D eigenvalue weighted by atomic mass is 79.9. The Bertz CT molecular complexity index is 1010. The standard InChI is InChI=1S/C20H20BrN3O2S/c1-3-23(4-2)18(25)13-27-20-22-17-8-6-5-7-16(17)19(26)24(20)15-11-9-14(21)10-12-15/h5-12H,3-4,13H2,1-2H3. The van der Waals surface area contributed by atoms with Crippen LogP contribution in [-0.4, -0.2) is 39.2 Å². The molecule has 0 fully saturated rings. The van der Waals surface area contributed by atoms with Gasteiger partial charge in [-0.1, -0.05) is 39.8 Å². The summed E-state index contributed by atoms with van der Waals surface area (Å²) in [5, 5.41) is 1.07. The van der Waals surface area contributed by atoms with Crippen LogP contribution in [-0.2, 0) is 4.79 Å². The molecule has 0 saturated carbocycles. The SMILES string of the molecule is CCN(CC)C(=O)CSc1nc2ccccc2c(=O)n1-c1ccc(Br)cc1. The number of halogens is 1. The van der Waals surface area contributed by atoms with Crippen molar-refractivity contribution < 1.29 is 4.79 Å². The minimum absolute atomic E-state index is 0.0368. The van der Waals surface area contributed by atoms with Crippen molar-refractivity contribution in [2.75, 3.05) is 18.8 Å². The molecule has 7 heteroatoms. The predicted octanol–water partition coefficient (Wildman–Crippen LogP) is 4.11. The third kappa shape index (κ3) is 4.25. The van der Waals surface area contributed by atoms with Gasteiger partial charge in [-0.25, -0.2) is 4.98 Å². The Labute approximate surface area is 170 Å². The molecule has 1 heterocycles. The van der Waals surface area contributed by atoms with Gasteiger partial charge in [0.05, 0.1) is 22.3 Å². The molecule has 0 atom stereocenters. The number of fused-ring (bicyclic) bond motifs is 1. The number of benzene rings is 2. The van der Waals surface area contributed by atoms with Crippen molar-refractivity contribution in [3.8, 4) is 5.69 Å². The first-order chi connectivity index (χ1) is 13.0. The number of hydrogen-bond acceptors (Lipinski definition) is 4. The summed E-state index contributed by atoms with van der Waals surface area (Å²) in [7, 11) is 0. The maximum absolute atomic E-state index is 13.1. The molecule has 3 rings (SSSR count). The van der Waals surface area contributed by atoms with Gasteiger partial charge in [0, 0.05) is 17.6 Å². The number of carbonyl (C=O) groups excluding carboxylic acids is 1. The highest BCUT2D eigenvalue weighted by molar-refractivity contribution is 9.10. The quantitative estimate of drug-likeness (QED) is 0.423. The summed E-state index contributed by atoms with van der Waals surface area (Å²) in [4.78, 5) is 32.0. The Balaban J connectivity index is 2.07. The smallest absolute Gasteiger partial charge is 0.266 e. The molecule has 27 heavy (non-hydrogen) atoms. The van der Waals surface area contributed by atoms with E-state index in [0.717, 1.165) is 10.2 Å². The van der Waals surface area contributed by atoms with Crippen molar-refractivity contribution in [3.05, 3.63) is 63.4 Å². The summed E-state index contributed by atoms with van der Waals surface area (Å²) in [5.74, 6) is 0.276. The molecule has 5 nitrogen and oxygen atoms in total. The molecule has 0 aliphatic heterocycles. The van der Waals surface area contributed by atoms with Crippen molar-refractivity contribution in [3.63, 3.8) is 0 Å². The maximum atomic E-state index is 13.1. The van der Waals surface area contributed by atoms with Crippen LogP contribution >= 0.6 is 27.7 Å². The van der Waals surface area contributed by atoms with E-state index in [-0.39, 0.29) is 17.2 Å². The largest absolute Gasteiger partial charge is 0.343 e. The van der Waals surface area contributed by atoms with Gasteiger partial charge >= 0.3 is 0 Å². The Morgan fingerprint density at radius 2 is 1.78 bits per heavy atom. The number of thioether (sulfide) groups is 1. The van der Waals surface area contributed by atoms with Crippen molar-refractivity contribution in [2.24, 2.45) is 0 Å². The molecule has 3 aromatic rings. The molecular weight excluding hydrogens is 426 g/mol. The summed E-state index contributed by atoms with van der Waals surface area (Å²) in [6, 6.07) is 14.8. The van der Waals surface area contributed by atoms with Crippen LogP contribution in [0.5, 0.6) is 0 Å². The van der Waals surface area contributed by atoms with E-state index in [1.165, 1.54) is 11.8 Å². The lowest BCUT2D eigenvalue weighted by molar-refractivity contribution is -0.127. The van der Waals surface area contributed by atoms with Crippen LogP contribution in [0.1, 0.15) is 13.8 Å². The van der Waals surface area contributed by atoms with Gasteiger partial charge in [-0.05, 0) is 50.2 Å². The molecule has 0 spiro atoms. The van der Waals surface area contributed by atoms with Crippen LogP contribution in [0.25, 0.3) is 16.6 Å². The summed E-state index contributed by atoms with van der Waals surface area (Å²) in [6.45, 7) is 5.25. The minimum Gasteiger partial charge on any atom is -0.343 e. The highest BCUT2D eigenvalue weighted by Gasteiger charge is 2.16. The molecule has 0 aliphatic carbocycles. The second kappa shape index (κ2) is 8.71. The zero-order valence-electron chi connectivity index (χ0n) is 15.2. The second-order valence-corrected chi connectivity index (χ2v) is 7.74. The number of para-hydroxylation sites is 1. The molecule has 2 aromatic carbocycles. The highest BCUT2D eigenvalue weighted by Crippen LogP contribution is 2.22. The Morgan fingerprint density at radius 1 is 1.11 bits per heavy atom. The van der Waals surface area contributed by atoms with Crippen molar-refractivity contribution >= 4 is 44.5 Å². The number of rotatable bonds is 6. The first-order valence-electron chi connectivity index (χ1n) is 8.73. The van der Waals surface area contributed by atoms with E-state index in [0.29, 0.717) is 29.1 Å². The summed E-state index contributed by atoms with van der Waals surface area (Å²) < 4.78 is 2.51. The molecular formula is C20H20BrN3O2S. The molecule has 0 bridgehead atoms. The van der Waals surface area contributed by atoms with E-state index in [2.05, 4.69) is 20.9 Å². The fraction of sp³-hybridized carbons (Fsp3) is 0.250. The fourth-order valence-corrected chi connectivity index (χ4v) is 4.00. The topological polar surface area (TPSA) is 55.2 Å². The van der Waals surface area contributed by atoms with Crippen molar-refractivity contribution in [1.82, 2.24) is 14.5 Å². The Hall–Kier alpha value is -2.12. The molecule has 140 valence electrons. The van der Waals surface area contributed by atoms with Crippen LogP contribution in [0.3, 0.4) is 0 Å². The average Bonchev–Trinajstić information content (AvgIpc) is 2.68. The summed E-state index contributed by atoms with van der Waals surface area (Å²) in [5.41, 5.74) is 1.22. The van der Waals surface area contributed by atoms with Crippen LogP contribution in [0, 0.1) is 0 Å². The van der Waals surface area contributed by atoms with E-state index in [1.54, 1.807) is 15.5 Å². The monoisotopic (exact) mass is 445 g/mol. The normalized spacial score (nSPS) is 10.9. The Kier molecular flexibility index (Phi) is 6.34. The zero-order chi connectivity index (χ0) is 19.4. The predicted molar refractivity (Wildman–Crippen MR) is 114 cm³/mol. The second-order valence-electron chi connectivity index (χ2n) is 5.88. The van der Waals surface area contributed by atoms with E-state index < -0.39 is 0 Å². The zero-order valence-corrected chi connectivity index (χ0v) is 17.6. The molecule has 1 amide bonds. The first kappa shape index (κ1) is 19.6. The van der Waals surface area contributed by atoms with Gasteiger partial charge in [0.2, 0.25) is 5.91 Å². The van der Waals surface area contributed by atoms with Crippen LogP contribution < -0.4 is 5.56 Å². The van der Waals surface area contributed by atoms with Crippen LogP contribution in [0.15, 0.2) is 63.0 Å². The minimum atomic E-state index is -0.138. The van der Waals surface area contributed by atoms with Crippen molar-refractivity contribution in [2.45, 2.75) is 19.0 Å². The summed E-state index contributed by atoms with van der Waals surface area (Å²) in [6.07, 6.45) is 0. The van der Waals surface area contributed by atoms with Gasteiger partial charge in [-0.2, -0.15) is 0 Å². The first-order valence-corrected chi connectivity index (χ1v) is 10.5. The fourth-order valence-electron chi connectivity index (χ4n) is 2.82. The third-order valence-corrected chi connectivity index (χ3v) is 5.72. The number of amides is 1. The van der Waals surface area contributed by atoms with E-state index in [1.807, 2.05) is 56.3 Å². The van der Waals surface area contributed by atoms with E-state index in [4.69, 9.17) is 0 Å². The van der Waals surface area contributed by atoms with Gasteiger partial charge in [0.15, 0.2) is 5.16 Å². The van der Waals surface area contributed by atoms with Gasteiger partial charge in [-0.3, -0.25) is 14.2 Å². The number of hydrogen-bond donors (Lipinski definition) is 0. The van der Waals surface area contributed by atoms with Gasteiger partial charge < -0.3 is 4.90 Å². The maximum Gasteiger partial charge on any atom is 0.266 e. The van der Waals surface area contributed by atoms with Gasteiger partial charge in [0.1, 0.15) is 0 Å². The van der Waals surface area contributed by atoms with Crippen LogP contribution in [0.4, 0.5) is 0 Å². The third-order valence-electron chi connectivity index (χ3n) is 4.27. The number of nitrogens with zero attached hydrogens (tertiary/aromatic N) is 3. The van der Waals surface area contributed by atoms with Crippen molar-refractivity contribution in [1.29, 1.82) is 0 Å². The van der Waals surface area contributed by atoms with Gasteiger partial charge in [0.25, 0.3) is 5.56 Å². The van der Waals surface area contributed by atoms with E-state index >= 15 is 0 Å². The lowest BCUT2D eigenvalue weighted by Gasteiger charge is -2.19. The molecule has 0 unspecified atom stereocenters. The molecule has 0 radical (unpaired) electrons. The Morgan fingerprint density at radius 3 is 2.44 bits per heavy atom. The van der Waals surface area contributed by atoms with Crippen LogP contribution in [0.2, 0.25) is 0 Å². The lowest BCUT2D eigenvalue weighted by Crippen LogP contribution is -2.32. The average molecular weight is 446 g/mol. The molecule has 0 aliphatic rings. The molecule has 0 N–H and O–H groups in total. The lowest BCUT2D eigenvalue weighted by atomic mass is 10.2. The van der Waals surface area contributed by atoms with E-state index in [9.17, 15) is 9.59 Å². The summed E-state index contributed by atoms with van der Waals surface area (Å²) >= 11 is 4.71. The molecule has 0 saturated heterocycles.